The predicted octanol–water partition coefficient (Wildman–Crippen LogP) is 5.48. The van der Waals surface area contributed by atoms with Gasteiger partial charge in [-0.3, -0.25) is 4.79 Å². The highest BCUT2D eigenvalue weighted by molar-refractivity contribution is 5.95. The molecular formula is C21H22F3NO2. The first kappa shape index (κ1) is 20.6. The summed E-state index contributed by atoms with van der Waals surface area (Å²) < 4.78 is 45.0. The summed E-state index contributed by atoms with van der Waals surface area (Å²) in [6.07, 6.45) is -2.77. The van der Waals surface area contributed by atoms with E-state index in [9.17, 15) is 18.0 Å². The van der Waals surface area contributed by atoms with Crippen LogP contribution in [0.4, 0.5) is 18.9 Å². The van der Waals surface area contributed by atoms with E-state index < -0.39 is 17.2 Å². The quantitative estimate of drug-likeness (QED) is 0.649. The fourth-order valence-corrected chi connectivity index (χ4v) is 2.59. The van der Waals surface area contributed by atoms with Crippen LogP contribution in [0, 0.1) is 5.41 Å². The Morgan fingerprint density at radius 2 is 1.81 bits per heavy atom. The highest BCUT2D eigenvalue weighted by Crippen LogP contribution is 2.38. The maximum Gasteiger partial charge on any atom is 0.420 e. The zero-order valence-electron chi connectivity index (χ0n) is 15.3. The second-order valence-electron chi connectivity index (χ2n) is 6.81. The van der Waals surface area contributed by atoms with Gasteiger partial charge in [-0.25, -0.2) is 0 Å². The largest absolute Gasteiger partial charge is 0.489 e. The number of alkyl halides is 3. The molecule has 0 unspecified atom stereocenters. The number of anilines is 1. The summed E-state index contributed by atoms with van der Waals surface area (Å²) >= 11 is 0. The lowest BCUT2D eigenvalue weighted by Crippen LogP contribution is -2.32. The lowest BCUT2D eigenvalue weighted by atomic mass is 9.84. The van der Waals surface area contributed by atoms with Gasteiger partial charge in [0, 0.05) is 11.1 Å². The van der Waals surface area contributed by atoms with Gasteiger partial charge in [-0.05, 0) is 30.2 Å². The van der Waals surface area contributed by atoms with Gasteiger partial charge in [-0.15, -0.1) is 0 Å². The van der Waals surface area contributed by atoms with Crippen molar-refractivity contribution in [2.24, 2.45) is 5.41 Å². The highest BCUT2D eigenvalue weighted by Gasteiger charge is 2.35. The van der Waals surface area contributed by atoms with Crippen molar-refractivity contribution in [3.05, 3.63) is 72.3 Å². The van der Waals surface area contributed by atoms with E-state index >= 15 is 0 Å². The molecule has 0 radical (unpaired) electrons. The van der Waals surface area contributed by atoms with Crippen LogP contribution in [0.25, 0.3) is 0 Å². The van der Waals surface area contributed by atoms with Gasteiger partial charge in [0.2, 0.25) is 5.91 Å². The van der Waals surface area contributed by atoms with Gasteiger partial charge in [-0.2, -0.15) is 13.2 Å². The molecule has 0 saturated carbocycles. The summed E-state index contributed by atoms with van der Waals surface area (Å²) in [5.41, 5.74) is -0.693. The summed E-state index contributed by atoms with van der Waals surface area (Å²) in [7, 11) is 0. The standard InChI is InChI=1S/C21H22F3NO2/c1-4-12-27-18-11-10-16(13-17(18)21(22,23)24)25-19(26)20(2,3)14-15-8-6-5-7-9-15/h4-11,13H,1,12,14H2,2-3H3,(H,25,26). The lowest BCUT2D eigenvalue weighted by molar-refractivity contribution is -0.138. The number of nitrogens with one attached hydrogen (secondary N) is 1. The molecule has 0 fully saturated rings. The number of ether oxygens (including phenoxy) is 1. The molecule has 0 atom stereocenters. The van der Waals surface area contributed by atoms with E-state index in [2.05, 4.69) is 11.9 Å². The van der Waals surface area contributed by atoms with Gasteiger partial charge in [-0.1, -0.05) is 56.8 Å². The maximum absolute atomic E-state index is 13.3. The van der Waals surface area contributed by atoms with Gasteiger partial charge in [0.15, 0.2) is 0 Å². The van der Waals surface area contributed by atoms with Gasteiger partial charge < -0.3 is 10.1 Å². The van der Waals surface area contributed by atoms with Gasteiger partial charge in [0.25, 0.3) is 0 Å². The number of amides is 1. The predicted molar refractivity (Wildman–Crippen MR) is 99.7 cm³/mol. The monoisotopic (exact) mass is 377 g/mol. The molecule has 6 heteroatoms. The Balaban J connectivity index is 2.20. The van der Waals surface area contributed by atoms with Crippen molar-refractivity contribution in [1.29, 1.82) is 0 Å². The van der Waals surface area contributed by atoms with Crippen LogP contribution in [0.1, 0.15) is 25.0 Å². The first-order valence-corrected chi connectivity index (χ1v) is 8.44. The van der Waals surface area contributed by atoms with Crippen molar-refractivity contribution in [3.8, 4) is 5.75 Å². The molecular weight excluding hydrogens is 355 g/mol. The number of halogens is 3. The van der Waals surface area contributed by atoms with Crippen molar-refractivity contribution in [1.82, 2.24) is 0 Å². The minimum absolute atomic E-state index is 0.0428. The fourth-order valence-electron chi connectivity index (χ4n) is 2.59. The molecule has 144 valence electrons. The highest BCUT2D eigenvalue weighted by atomic mass is 19.4. The normalized spacial score (nSPS) is 11.7. The SMILES string of the molecule is C=CCOc1ccc(NC(=O)C(C)(C)Cc2ccccc2)cc1C(F)(F)F. The summed E-state index contributed by atoms with van der Waals surface area (Å²) in [4.78, 5) is 12.6. The van der Waals surface area contributed by atoms with E-state index in [4.69, 9.17) is 4.74 Å². The van der Waals surface area contributed by atoms with Crippen LogP contribution >= 0.6 is 0 Å². The second-order valence-corrected chi connectivity index (χ2v) is 6.81. The third kappa shape index (κ3) is 5.61. The molecule has 0 spiro atoms. The molecule has 0 aliphatic rings. The number of hydrogen-bond acceptors (Lipinski definition) is 2. The van der Waals surface area contributed by atoms with Gasteiger partial charge >= 0.3 is 6.18 Å². The average molecular weight is 377 g/mol. The van der Waals surface area contributed by atoms with Crippen LogP contribution < -0.4 is 10.1 Å². The zero-order chi connectivity index (χ0) is 20.1. The Bertz CT molecular complexity index is 799. The molecule has 1 N–H and O–H groups in total. The molecule has 0 heterocycles. The van der Waals surface area contributed by atoms with E-state index in [1.165, 1.54) is 18.2 Å². The van der Waals surface area contributed by atoms with Crippen LogP contribution in [-0.2, 0) is 17.4 Å². The summed E-state index contributed by atoms with van der Waals surface area (Å²) in [5.74, 6) is -0.664. The summed E-state index contributed by atoms with van der Waals surface area (Å²) in [6, 6.07) is 12.9. The summed E-state index contributed by atoms with van der Waals surface area (Å²) in [5, 5.41) is 2.58. The Morgan fingerprint density at radius 3 is 2.41 bits per heavy atom. The van der Waals surface area contributed by atoms with Crippen molar-refractivity contribution in [3.63, 3.8) is 0 Å². The average Bonchev–Trinajstić information content (AvgIpc) is 2.60. The minimum atomic E-state index is -4.60. The number of rotatable bonds is 7. The maximum atomic E-state index is 13.3. The lowest BCUT2D eigenvalue weighted by Gasteiger charge is -2.24. The van der Waals surface area contributed by atoms with Crippen LogP contribution in [0.15, 0.2) is 61.2 Å². The molecule has 3 nitrogen and oxygen atoms in total. The van der Waals surface area contributed by atoms with Crippen molar-refractivity contribution in [2.45, 2.75) is 26.4 Å². The van der Waals surface area contributed by atoms with E-state index in [-0.39, 0.29) is 24.0 Å². The van der Waals surface area contributed by atoms with Gasteiger partial charge in [0.1, 0.15) is 12.4 Å². The van der Waals surface area contributed by atoms with E-state index in [1.54, 1.807) is 13.8 Å². The molecule has 2 aromatic rings. The molecule has 0 aromatic heterocycles. The van der Waals surface area contributed by atoms with E-state index in [1.807, 2.05) is 30.3 Å². The van der Waals surface area contributed by atoms with E-state index in [0.717, 1.165) is 11.6 Å². The Morgan fingerprint density at radius 1 is 1.15 bits per heavy atom. The van der Waals surface area contributed by atoms with Gasteiger partial charge in [0.05, 0.1) is 5.56 Å². The van der Waals surface area contributed by atoms with Crippen LogP contribution in [-0.4, -0.2) is 12.5 Å². The Hall–Kier alpha value is -2.76. The third-order valence-corrected chi connectivity index (χ3v) is 4.00. The van der Waals surface area contributed by atoms with Crippen molar-refractivity contribution < 1.29 is 22.7 Å². The Labute approximate surface area is 156 Å². The minimum Gasteiger partial charge on any atom is -0.489 e. The number of benzene rings is 2. The molecule has 2 aromatic carbocycles. The summed E-state index contributed by atoms with van der Waals surface area (Å²) in [6.45, 7) is 6.88. The third-order valence-electron chi connectivity index (χ3n) is 4.00. The van der Waals surface area contributed by atoms with Crippen molar-refractivity contribution >= 4 is 11.6 Å². The molecule has 0 aliphatic heterocycles. The second kappa shape index (κ2) is 8.29. The Kier molecular flexibility index (Phi) is 6.31. The molecule has 0 bridgehead atoms. The van der Waals surface area contributed by atoms with Crippen molar-refractivity contribution in [2.75, 3.05) is 11.9 Å². The molecule has 2 rings (SSSR count). The smallest absolute Gasteiger partial charge is 0.420 e. The van der Waals surface area contributed by atoms with Crippen LogP contribution in [0.3, 0.4) is 0 Å². The number of carbonyl (C=O) groups is 1. The topological polar surface area (TPSA) is 38.3 Å². The molecule has 27 heavy (non-hydrogen) atoms. The number of hydrogen-bond donors (Lipinski definition) is 1. The van der Waals surface area contributed by atoms with E-state index in [0.29, 0.717) is 6.42 Å². The molecule has 1 amide bonds. The first-order valence-electron chi connectivity index (χ1n) is 8.44. The fraction of sp³-hybridized carbons (Fsp3) is 0.286. The molecule has 0 saturated heterocycles. The zero-order valence-corrected chi connectivity index (χ0v) is 15.3. The first-order chi connectivity index (χ1) is 12.6. The number of carbonyl (C=O) groups excluding carboxylic acids is 1. The molecule has 0 aliphatic carbocycles. The van der Waals surface area contributed by atoms with Crippen LogP contribution in [0.5, 0.6) is 5.75 Å². The van der Waals surface area contributed by atoms with Crippen LogP contribution in [0.2, 0.25) is 0 Å².